The van der Waals surface area contributed by atoms with Crippen molar-refractivity contribution in [2.24, 2.45) is 0 Å². The Morgan fingerprint density at radius 2 is 1.71 bits per heavy atom. The number of halogens is 1. The standard InChI is InChI=1S/C13H11BrN2O5/c1-2-15-11(17)12(18)16(13(15)19)5-7-3-9-10(4-8(7)14)21-6-20-9/h3-4H,2,5-6H2,1H3. The van der Waals surface area contributed by atoms with Crippen molar-refractivity contribution >= 4 is 33.8 Å². The van der Waals surface area contributed by atoms with Crippen molar-refractivity contribution < 1.29 is 23.9 Å². The first-order valence-electron chi connectivity index (χ1n) is 6.28. The number of imide groups is 2. The minimum Gasteiger partial charge on any atom is -0.454 e. The quantitative estimate of drug-likeness (QED) is 0.607. The Labute approximate surface area is 128 Å². The summed E-state index contributed by atoms with van der Waals surface area (Å²) in [6, 6.07) is 2.80. The van der Waals surface area contributed by atoms with Crippen molar-refractivity contribution in [3.05, 3.63) is 22.2 Å². The fourth-order valence-electron chi connectivity index (χ4n) is 2.22. The minimum absolute atomic E-state index is 0.00285. The van der Waals surface area contributed by atoms with E-state index in [2.05, 4.69) is 15.9 Å². The molecule has 0 N–H and O–H groups in total. The molecule has 2 aliphatic rings. The van der Waals surface area contributed by atoms with E-state index in [-0.39, 0.29) is 19.9 Å². The van der Waals surface area contributed by atoms with Crippen LogP contribution in [0.25, 0.3) is 0 Å². The van der Waals surface area contributed by atoms with Gasteiger partial charge in [0.15, 0.2) is 11.5 Å². The molecule has 0 radical (unpaired) electrons. The summed E-state index contributed by atoms with van der Waals surface area (Å²) in [6.07, 6.45) is 0. The Balaban J connectivity index is 1.89. The molecule has 0 saturated carbocycles. The van der Waals surface area contributed by atoms with Crippen molar-refractivity contribution in [3.8, 4) is 11.5 Å². The second-order valence-electron chi connectivity index (χ2n) is 4.52. The number of amides is 4. The molecule has 110 valence electrons. The molecule has 0 aliphatic carbocycles. The zero-order valence-electron chi connectivity index (χ0n) is 11.1. The summed E-state index contributed by atoms with van der Waals surface area (Å²) >= 11 is 3.36. The third-order valence-electron chi connectivity index (χ3n) is 3.32. The Bertz CT molecular complexity index is 660. The number of hydrogen-bond donors (Lipinski definition) is 0. The smallest absolute Gasteiger partial charge is 0.334 e. The van der Waals surface area contributed by atoms with Crippen LogP contribution in [0.5, 0.6) is 11.5 Å². The first-order chi connectivity index (χ1) is 10.0. The number of likely N-dealkylation sites (N-methyl/N-ethyl adjacent to an activating group) is 1. The fourth-order valence-corrected chi connectivity index (χ4v) is 2.67. The molecule has 1 saturated heterocycles. The lowest BCUT2D eigenvalue weighted by Gasteiger charge is -2.15. The highest BCUT2D eigenvalue weighted by Gasteiger charge is 2.43. The molecule has 8 heteroatoms. The molecule has 1 aromatic carbocycles. The predicted molar refractivity (Wildman–Crippen MR) is 73.6 cm³/mol. The van der Waals surface area contributed by atoms with Crippen LogP contribution in [-0.4, -0.2) is 41.0 Å². The van der Waals surface area contributed by atoms with Crippen molar-refractivity contribution in [2.45, 2.75) is 13.5 Å². The highest BCUT2D eigenvalue weighted by molar-refractivity contribution is 9.10. The van der Waals surface area contributed by atoms with Gasteiger partial charge in [-0.2, -0.15) is 0 Å². The van der Waals surface area contributed by atoms with Gasteiger partial charge in [0.25, 0.3) is 0 Å². The van der Waals surface area contributed by atoms with Gasteiger partial charge in [-0.25, -0.2) is 4.79 Å². The molecule has 0 spiro atoms. The molecule has 4 amide bonds. The van der Waals surface area contributed by atoms with Crippen molar-refractivity contribution in [1.29, 1.82) is 0 Å². The minimum atomic E-state index is -0.814. The SMILES string of the molecule is CCN1C(=O)C(=O)N(Cc2cc3c(cc2Br)OCO3)C1=O. The Morgan fingerprint density at radius 3 is 2.33 bits per heavy atom. The lowest BCUT2D eigenvalue weighted by Crippen LogP contribution is -2.32. The van der Waals surface area contributed by atoms with Gasteiger partial charge in [0.05, 0.1) is 6.54 Å². The monoisotopic (exact) mass is 354 g/mol. The second kappa shape index (κ2) is 5.03. The normalized spacial score (nSPS) is 17.1. The van der Waals surface area contributed by atoms with Gasteiger partial charge in [-0.3, -0.25) is 19.4 Å². The van der Waals surface area contributed by atoms with Gasteiger partial charge in [0, 0.05) is 11.0 Å². The average Bonchev–Trinajstić information content (AvgIpc) is 2.98. The van der Waals surface area contributed by atoms with Crippen molar-refractivity contribution in [2.75, 3.05) is 13.3 Å². The predicted octanol–water partition coefficient (Wildman–Crippen LogP) is 1.49. The van der Waals surface area contributed by atoms with E-state index in [1.807, 2.05) is 0 Å². The Kier molecular flexibility index (Phi) is 3.32. The number of nitrogens with zero attached hydrogens (tertiary/aromatic N) is 2. The van der Waals surface area contributed by atoms with Crippen LogP contribution in [0.4, 0.5) is 4.79 Å². The molecule has 2 heterocycles. The Morgan fingerprint density at radius 1 is 1.10 bits per heavy atom. The summed E-state index contributed by atoms with van der Waals surface area (Å²) in [5, 5.41) is 0. The number of urea groups is 1. The number of carbonyl (C=O) groups excluding carboxylic acids is 3. The zero-order chi connectivity index (χ0) is 15.1. The summed E-state index contributed by atoms with van der Waals surface area (Å²) in [5.74, 6) is -0.465. The number of carbonyl (C=O) groups is 3. The van der Waals surface area contributed by atoms with Gasteiger partial charge >= 0.3 is 17.8 Å². The summed E-state index contributed by atoms with van der Waals surface area (Å²) in [4.78, 5) is 37.4. The molecular weight excluding hydrogens is 344 g/mol. The average molecular weight is 355 g/mol. The van der Waals surface area contributed by atoms with E-state index >= 15 is 0 Å². The van der Waals surface area contributed by atoms with Crippen LogP contribution in [0, 0.1) is 0 Å². The number of hydrogen-bond acceptors (Lipinski definition) is 5. The molecule has 21 heavy (non-hydrogen) atoms. The van der Waals surface area contributed by atoms with E-state index in [0.717, 1.165) is 9.80 Å². The highest BCUT2D eigenvalue weighted by Crippen LogP contribution is 2.37. The molecule has 1 aromatic rings. The summed E-state index contributed by atoms with van der Waals surface area (Å²) in [7, 11) is 0. The number of benzene rings is 1. The van der Waals surface area contributed by atoms with Crippen LogP contribution in [0.2, 0.25) is 0 Å². The molecule has 0 aromatic heterocycles. The van der Waals surface area contributed by atoms with Crippen LogP contribution in [0.1, 0.15) is 12.5 Å². The molecule has 0 atom stereocenters. The lowest BCUT2D eigenvalue weighted by molar-refractivity contribution is -0.143. The lowest BCUT2D eigenvalue weighted by atomic mass is 10.2. The molecule has 1 fully saturated rings. The molecule has 0 bridgehead atoms. The van der Waals surface area contributed by atoms with Crippen molar-refractivity contribution in [1.82, 2.24) is 9.80 Å². The number of fused-ring (bicyclic) bond motifs is 1. The molecular formula is C13H11BrN2O5. The fraction of sp³-hybridized carbons (Fsp3) is 0.308. The van der Waals surface area contributed by atoms with Crippen molar-refractivity contribution in [3.63, 3.8) is 0 Å². The van der Waals surface area contributed by atoms with Crippen LogP contribution < -0.4 is 9.47 Å². The van der Waals surface area contributed by atoms with E-state index in [9.17, 15) is 14.4 Å². The first kappa shape index (κ1) is 13.9. The maximum atomic E-state index is 12.0. The van der Waals surface area contributed by atoms with Gasteiger partial charge in [0.2, 0.25) is 6.79 Å². The van der Waals surface area contributed by atoms with Gasteiger partial charge in [-0.15, -0.1) is 0 Å². The number of ether oxygens (including phenoxy) is 2. The van der Waals surface area contributed by atoms with Gasteiger partial charge in [0.1, 0.15) is 0 Å². The van der Waals surface area contributed by atoms with Gasteiger partial charge in [-0.1, -0.05) is 15.9 Å². The molecule has 2 aliphatic heterocycles. The topological polar surface area (TPSA) is 76.2 Å². The molecule has 0 unspecified atom stereocenters. The van der Waals surface area contributed by atoms with Crippen LogP contribution in [-0.2, 0) is 16.1 Å². The van der Waals surface area contributed by atoms with Crippen LogP contribution in [0.3, 0.4) is 0 Å². The highest BCUT2D eigenvalue weighted by atomic mass is 79.9. The number of rotatable bonds is 3. The maximum Gasteiger partial charge on any atom is 0.334 e. The Hall–Kier alpha value is -2.09. The van der Waals surface area contributed by atoms with E-state index in [0.29, 0.717) is 21.5 Å². The van der Waals surface area contributed by atoms with Crippen LogP contribution in [0.15, 0.2) is 16.6 Å². The van der Waals surface area contributed by atoms with Crippen LogP contribution >= 0.6 is 15.9 Å². The van der Waals surface area contributed by atoms with Gasteiger partial charge in [-0.05, 0) is 24.6 Å². The van der Waals surface area contributed by atoms with Gasteiger partial charge < -0.3 is 9.47 Å². The maximum absolute atomic E-state index is 12.0. The third-order valence-corrected chi connectivity index (χ3v) is 4.06. The molecule has 3 rings (SSSR count). The third kappa shape index (κ3) is 2.15. The summed E-state index contributed by atoms with van der Waals surface area (Å²) in [5.41, 5.74) is 0.659. The second-order valence-corrected chi connectivity index (χ2v) is 5.37. The molecule has 7 nitrogen and oxygen atoms in total. The van der Waals surface area contributed by atoms with E-state index in [1.165, 1.54) is 0 Å². The van der Waals surface area contributed by atoms with E-state index < -0.39 is 17.8 Å². The van der Waals surface area contributed by atoms with E-state index in [1.54, 1.807) is 19.1 Å². The summed E-state index contributed by atoms with van der Waals surface area (Å²) in [6.45, 7) is 1.94. The van der Waals surface area contributed by atoms with E-state index in [4.69, 9.17) is 9.47 Å². The zero-order valence-corrected chi connectivity index (χ0v) is 12.7. The summed E-state index contributed by atoms with van der Waals surface area (Å²) < 4.78 is 11.2. The first-order valence-corrected chi connectivity index (χ1v) is 7.07. The largest absolute Gasteiger partial charge is 0.454 e.